The van der Waals surface area contributed by atoms with Crippen molar-refractivity contribution in [3.63, 3.8) is 0 Å². The summed E-state index contributed by atoms with van der Waals surface area (Å²) in [5.74, 6) is 0.675. The highest BCUT2D eigenvalue weighted by atomic mass is 35.5. The molecule has 92 valence electrons. The Labute approximate surface area is 103 Å². The Balaban J connectivity index is 4.06. The highest BCUT2D eigenvalue weighted by Crippen LogP contribution is 2.37. The Kier molecular flexibility index (Phi) is 7.47. The van der Waals surface area contributed by atoms with Crippen molar-refractivity contribution >= 4 is 35.0 Å². The number of rotatable bonds is 7. The first kappa shape index (κ1) is 15.7. The summed E-state index contributed by atoms with van der Waals surface area (Å²) in [4.78, 5) is 0. The number of hydrogen-bond acceptors (Lipinski definition) is 1. The van der Waals surface area contributed by atoms with Gasteiger partial charge >= 0.3 is 5.51 Å². The molecule has 0 aromatic rings. The largest absolute Gasteiger partial charge is 0.441 e. The fourth-order valence-electron chi connectivity index (χ4n) is 1.34. The van der Waals surface area contributed by atoms with E-state index in [0.717, 1.165) is 12.8 Å². The normalized spacial score (nSPS) is 13.2. The van der Waals surface area contributed by atoms with Gasteiger partial charge in [0.05, 0.1) is 0 Å². The SMILES string of the molecule is CCCC(CCl)(CCl)CCSC(F)(F)F. The van der Waals surface area contributed by atoms with Gasteiger partial charge < -0.3 is 0 Å². The summed E-state index contributed by atoms with van der Waals surface area (Å²) in [7, 11) is 0. The zero-order valence-corrected chi connectivity index (χ0v) is 10.9. The average Bonchev–Trinajstić information content (AvgIpc) is 2.14. The van der Waals surface area contributed by atoms with E-state index in [1.807, 2.05) is 6.92 Å². The van der Waals surface area contributed by atoms with Gasteiger partial charge in [0.2, 0.25) is 0 Å². The predicted octanol–water partition coefficient (Wildman–Crippen LogP) is 4.89. The Morgan fingerprint density at radius 1 is 1.07 bits per heavy atom. The quantitative estimate of drug-likeness (QED) is 0.599. The maximum atomic E-state index is 11.9. The van der Waals surface area contributed by atoms with Gasteiger partial charge in [-0.2, -0.15) is 13.2 Å². The van der Waals surface area contributed by atoms with Gasteiger partial charge in [-0.25, -0.2) is 0 Å². The summed E-state index contributed by atoms with van der Waals surface area (Å²) in [5, 5.41) is 0. The molecule has 0 aromatic carbocycles. The highest BCUT2D eigenvalue weighted by molar-refractivity contribution is 8.00. The van der Waals surface area contributed by atoms with Gasteiger partial charge in [-0.3, -0.25) is 0 Å². The minimum atomic E-state index is -4.16. The molecule has 0 rings (SSSR count). The van der Waals surface area contributed by atoms with E-state index in [9.17, 15) is 13.2 Å². The molecule has 0 spiro atoms. The minimum Gasteiger partial charge on any atom is -0.160 e. The van der Waals surface area contributed by atoms with Gasteiger partial charge in [-0.15, -0.1) is 23.2 Å². The van der Waals surface area contributed by atoms with Gasteiger partial charge in [0, 0.05) is 17.5 Å². The number of hydrogen-bond donors (Lipinski definition) is 0. The first-order chi connectivity index (χ1) is 6.89. The molecule has 0 saturated carbocycles. The lowest BCUT2D eigenvalue weighted by Crippen LogP contribution is -2.26. The number of alkyl halides is 5. The molecule has 0 amide bonds. The molecule has 0 heterocycles. The van der Waals surface area contributed by atoms with Crippen LogP contribution >= 0.6 is 35.0 Å². The topological polar surface area (TPSA) is 0 Å². The summed E-state index contributed by atoms with van der Waals surface area (Å²) in [6.07, 6.45) is 2.08. The summed E-state index contributed by atoms with van der Waals surface area (Å²) in [5.41, 5.74) is -4.49. The second-order valence-corrected chi connectivity index (χ2v) is 5.26. The standard InChI is InChI=1S/C9H15Cl2F3S/c1-2-3-8(6-10,7-11)4-5-15-9(12,13)14/h2-7H2,1H3. The maximum absolute atomic E-state index is 11.9. The van der Waals surface area contributed by atoms with Crippen molar-refractivity contribution in [3.8, 4) is 0 Å². The molecule has 6 heteroatoms. The van der Waals surface area contributed by atoms with Crippen LogP contribution in [0.2, 0.25) is 0 Å². The lowest BCUT2D eigenvalue weighted by atomic mass is 9.85. The molecule has 0 N–H and O–H groups in total. The van der Waals surface area contributed by atoms with Crippen LogP contribution in [0.1, 0.15) is 26.2 Å². The van der Waals surface area contributed by atoms with Crippen LogP contribution in [0.3, 0.4) is 0 Å². The van der Waals surface area contributed by atoms with Crippen LogP contribution in [0.5, 0.6) is 0 Å². The first-order valence-corrected chi connectivity index (χ1v) is 6.77. The van der Waals surface area contributed by atoms with Crippen molar-refractivity contribution < 1.29 is 13.2 Å². The Bertz CT molecular complexity index is 169. The van der Waals surface area contributed by atoms with Crippen LogP contribution in [0, 0.1) is 5.41 Å². The van der Waals surface area contributed by atoms with Gasteiger partial charge in [-0.1, -0.05) is 25.1 Å². The molecule has 0 saturated heterocycles. The molecule has 0 unspecified atom stereocenters. The molecule has 15 heavy (non-hydrogen) atoms. The first-order valence-electron chi connectivity index (χ1n) is 4.72. The van der Waals surface area contributed by atoms with Crippen molar-refractivity contribution in [2.45, 2.75) is 31.7 Å². The van der Waals surface area contributed by atoms with Gasteiger partial charge in [0.1, 0.15) is 0 Å². The molecule has 0 aromatic heterocycles. The molecule has 0 aliphatic heterocycles. The van der Waals surface area contributed by atoms with Crippen LogP contribution < -0.4 is 0 Å². The third kappa shape index (κ3) is 6.80. The average molecular weight is 283 g/mol. The van der Waals surface area contributed by atoms with E-state index in [4.69, 9.17) is 23.2 Å². The van der Waals surface area contributed by atoms with Crippen LogP contribution in [-0.4, -0.2) is 23.0 Å². The lowest BCUT2D eigenvalue weighted by Gasteiger charge is -2.29. The smallest absolute Gasteiger partial charge is 0.160 e. The molecule has 0 atom stereocenters. The van der Waals surface area contributed by atoms with Crippen LogP contribution in [0.25, 0.3) is 0 Å². The number of halogens is 5. The Hall–Kier alpha value is 0.720. The third-order valence-electron chi connectivity index (χ3n) is 2.25. The monoisotopic (exact) mass is 282 g/mol. The highest BCUT2D eigenvalue weighted by Gasteiger charge is 2.32. The lowest BCUT2D eigenvalue weighted by molar-refractivity contribution is -0.0328. The predicted molar refractivity (Wildman–Crippen MR) is 61.9 cm³/mol. The van der Waals surface area contributed by atoms with E-state index in [1.54, 1.807) is 0 Å². The molecule has 0 aliphatic rings. The van der Waals surface area contributed by atoms with Gasteiger partial charge in [-0.05, 0) is 18.3 Å². The van der Waals surface area contributed by atoms with Crippen molar-refractivity contribution in [3.05, 3.63) is 0 Å². The van der Waals surface area contributed by atoms with Crippen molar-refractivity contribution in [2.75, 3.05) is 17.5 Å². The van der Waals surface area contributed by atoms with Crippen LogP contribution in [0.15, 0.2) is 0 Å². The summed E-state index contributed by atoms with van der Waals surface area (Å²) in [6.45, 7) is 1.98. The fourth-order valence-corrected chi connectivity index (χ4v) is 2.93. The third-order valence-corrected chi connectivity index (χ3v) is 4.11. The minimum absolute atomic E-state index is 0.000245. The maximum Gasteiger partial charge on any atom is 0.441 e. The van der Waals surface area contributed by atoms with Crippen LogP contribution in [0.4, 0.5) is 13.2 Å². The van der Waals surface area contributed by atoms with Crippen molar-refractivity contribution in [1.82, 2.24) is 0 Å². The van der Waals surface area contributed by atoms with E-state index in [0.29, 0.717) is 18.2 Å². The van der Waals surface area contributed by atoms with E-state index in [-0.39, 0.29) is 22.9 Å². The van der Waals surface area contributed by atoms with Gasteiger partial charge in [0.25, 0.3) is 0 Å². The Morgan fingerprint density at radius 3 is 1.93 bits per heavy atom. The molecule has 0 aliphatic carbocycles. The van der Waals surface area contributed by atoms with E-state index < -0.39 is 5.51 Å². The summed E-state index contributed by atoms with van der Waals surface area (Å²) in [6, 6.07) is 0. The molecule has 0 bridgehead atoms. The zero-order chi connectivity index (χ0) is 11.9. The molecular formula is C9H15Cl2F3S. The second-order valence-electron chi connectivity index (χ2n) is 3.56. The van der Waals surface area contributed by atoms with E-state index in [1.165, 1.54) is 0 Å². The molecule has 0 nitrogen and oxygen atoms in total. The van der Waals surface area contributed by atoms with Crippen molar-refractivity contribution in [1.29, 1.82) is 0 Å². The molecule has 0 fully saturated rings. The zero-order valence-electron chi connectivity index (χ0n) is 8.54. The van der Waals surface area contributed by atoms with Gasteiger partial charge in [0.15, 0.2) is 0 Å². The van der Waals surface area contributed by atoms with Crippen molar-refractivity contribution in [2.24, 2.45) is 5.41 Å². The summed E-state index contributed by atoms with van der Waals surface area (Å²) >= 11 is 11.6. The van der Waals surface area contributed by atoms with E-state index >= 15 is 0 Å². The molecular weight excluding hydrogens is 268 g/mol. The van der Waals surface area contributed by atoms with E-state index in [2.05, 4.69) is 0 Å². The Morgan fingerprint density at radius 2 is 1.60 bits per heavy atom. The molecule has 0 radical (unpaired) electrons. The second kappa shape index (κ2) is 7.13. The number of thioether (sulfide) groups is 1. The fraction of sp³-hybridized carbons (Fsp3) is 1.00. The van der Waals surface area contributed by atoms with Crippen LogP contribution in [-0.2, 0) is 0 Å². The summed E-state index contributed by atoms with van der Waals surface area (Å²) < 4.78 is 35.8.